The molecular formula is C10H15N3S2. The van der Waals surface area contributed by atoms with Gasteiger partial charge in [0, 0.05) is 18.0 Å². The van der Waals surface area contributed by atoms with E-state index in [0.717, 1.165) is 17.4 Å². The van der Waals surface area contributed by atoms with E-state index >= 15 is 0 Å². The first kappa shape index (κ1) is 10.8. The third-order valence-corrected chi connectivity index (χ3v) is 3.83. The third-order valence-electron chi connectivity index (χ3n) is 2.48. The van der Waals surface area contributed by atoms with Gasteiger partial charge in [0.1, 0.15) is 0 Å². The first-order valence-corrected chi connectivity index (χ1v) is 6.36. The molecule has 0 saturated heterocycles. The molecule has 1 N–H and O–H groups in total. The van der Waals surface area contributed by atoms with E-state index in [2.05, 4.69) is 15.2 Å². The molecule has 0 bridgehead atoms. The van der Waals surface area contributed by atoms with Crippen molar-refractivity contribution in [1.29, 1.82) is 0 Å². The normalized spacial score (nSPS) is 15.1. The molecule has 0 amide bonds. The van der Waals surface area contributed by atoms with Crippen molar-refractivity contribution < 1.29 is 0 Å². The Morgan fingerprint density at radius 2 is 2.47 bits per heavy atom. The fourth-order valence-corrected chi connectivity index (χ4v) is 2.34. The van der Waals surface area contributed by atoms with E-state index in [9.17, 15) is 0 Å². The van der Waals surface area contributed by atoms with E-state index in [4.69, 9.17) is 12.2 Å². The van der Waals surface area contributed by atoms with Crippen molar-refractivity contribution in [3.63, 3.8) is 0 Å². The second-order valence-corrected chi connectivity index (χ2v) is 5.27. The van der Waals surface area contributed by atoms with E-state index in [1.54, 1.807) is 11.3 Å². The molecule has 1 aliphatic carbocycles. The van der Waals surface area contributed by atoms with Gasteiger partial charge in [0.05, 0.1) is 17.7 Å². The van der Waals surface area contributed by atoms with Gasteiger partial charge in [-0.25, -0.2) is 4.98 Å². The molecule has 1 aromatic heterocycles. The maximum atomic E-state index is 5.31. The van der Waals surface area contributed by atoms with Crippen LogP contribution in [0.5, 0.6) is 0 Å². The summed E-state index contributed by atoms with van der Waals surface area (Å²) in [7, 11) is 2.02. The Bertz CT molecular complexity index is 357. The summed E-state index contributed by atoms with van der Waals surface area (Å²) in [6, 6.07) is 0.627. The van der Waals surface area contributed by atoms with Crippen LogP contribution in [0.3, 0.4) is 0 Å². The van der Waals surface area contributed by atoms with Crippen LogP contribution in [-0.2, 0) is 6.54 Å². The van der Waals surface area contributed by atoms with Gasteiger partial charge >= 0.3 is 0 Å². The van der Waals surface area contributed by atoms with Crippen LogP contribution in [0.1, 0.15) is 23.4 Å². The molecule has 0 spiro atoms. The molecule has 0 aromatic carbocycles. The molecule has 82 valence electrons. The van der Waals surface area contributed by atoms with Crippen LogP contribution in [0.25, 0.3) is 0 Å². The van der Waals surface area contributed by atoms with Crippen LogP contribution in [0, 0.1) is 6.92 Å². The smallest absolute Gasteiger partial charge is 0.169 e. The summed E-state index contributed by atoms with van der Waals surface area (Å²) in [5.74, 6) is 0. The Labute approximate surface area is 99.5 Å². The van der Waals surface area contributed by atoms with Crippen molar-refractivity contribution in [3.05, 3.63) is 16.1 Å². The van der Waals surface area contributed by atoms with E-state index in [1.165, 1.54) is 17.7 Å². The van der Waals surface area contributed by atoms with Gasteiger partial charge in [0.25, 0.3) is 0 Å². The number of rotatable bonds is 3. The van der Waals surface area contributed by atoms with Gasteiger partial charge in [-0.15, -0.1) is 11.3 Å². The Morgan fingerprint density at radius 3 is 3.00 bits per heavy atom. The fraction of sp³-hybridized carbons (Fsp3) is 0.600. The van der Waals surface area contributed by atoms with E-state index in [-0.39, 0.29) is 0 Å². The van der Waals surface area contributed by atoms with E-state index < -0.39 is 0 Å². The molecule has 1 aromatic rings. The van der Waals surface area contributed by atoms with Crippen molar-refractivity contribution in [2.75, 3.05) is 7.05 Å². The average molecular weight is 241 g/mol. The zero-order chi connectivity index (χ0) is 10.8. The largest absolute Gasteiger partial charge is 0.360 e. The fourth-order valence-electron chi connectivity index (χ4n) is 1.28. The van der Waals surface area contributed by atoms with Crippen molar-refractivity contribution in [3.8, 4) is 0 Å². The Hall–Kier alpha value is -0.680. The van der Waals surface area contributed by atoms with Crippen molar-refractivity contribution in [1.82, 2.24) is 15.2 Å². The van der Waals surface area contributed by atoms with Crippen LogP contribution in [0.4, 0.5) is 0 Å². The zero-order valence-corrected chi connectivity index (χ0v) is 10.6. The second kappa shape index (κ2) is 4.45. The summed E-state index contributed by atoms with van der Waals surface area (Å²) in [5.41, 5.74) is 3.00. The van der Waals surface area contributed by atoms with Gasteiger partial charge < -0.3 is 10.2 Å². The van der Waals surface area contributed by atoms with Crippen LogP contribution in [-0.4, -0.2) is 28.1 Å². The van der Waals surface area contributed by atoms with Crippen LogP contribution < -0.4 is 5.32 Å². The minimum absolute atomic E-state index is 0.627. The molecule has 1 fully saturated rings. The Morgan fingerprint density at radius 1 is 1.73 bits per heavy atom. The lowest BCUT2D eigenvalue weighted by atomic mass is 10.4. The number of aryl methyl sites for hydroxylation is 1. The van der Waals surface area contributed by atoms with Gasteiger partial charge in [-0.05, 0) is 32.0 Å². The molecule has 0 aliphatic heterocycles. The van der Waals surface area contributed by atoms with Gasteiger partial charge in [0.15, 0.2) is 5.11 Å². The van der Waals surface area contributed by atoms with Gasteiger partial charge in [-0.3, -0.25) is 0 Å². The summed E-state index contributed by atoms with van der Waals surface area (Å²) in [6.07, 6.45) is 2.52. The number of nitrogens with one attached hydrogen (secondary N) is 1. The lowest BCUT2D eigenvalue weighted by Gasteiger charge is -2.20. The quantitative estimate of drug-likeness (QED) is 0.818. The Kier molecular flexibility index (Phi) is 3.21. The second-order valence-electron chi connectivity index (χ2n) is 3.94. The number of aromatic nitrogens is 1. The maximum absolute atomic E-state index is 5.31. The van der Waals surface area contributed by atoms with Gasteiger partial charge in [-0.2, -0.15) is 0 Å². The van der Waals surface area contributed by atoms with Crippen LogP contribution in [0.2, 0.25) is 0 Å². The topological polar surface area (TPSA) is 28.2 Å². The number of thiazole rings is 1. The molecule has 1 aliphatic rings. The third kappa shape index (κ3) is 2.89. The zero-order valence-electron chi connectivity index (χ0n) is 8.99. The highest BCUT2D eigenvalue weighted by atomic mass is 32.1. The van der Waals surface area contributed by atoms with Crippen molar-refractivity contribution in [2.24, 2.45) is 0 Å². The standard InChI is InChI=1S/C10H15N3S2/c1-7-9(15-6-11-7)5-13(2)10(14)12-8-3-4-8/h6,8H,3-5H2,1-2H3,(H,12,14). The van der Waals surface area contributed by atoms with Gasteiger partial charge in [-0.1, -0.05) is 0 Å². The molecule has 15 heavy (non-hydrogen) atoms. The molecule has 2 rings (SSSR count). The lowest BCUT2D eigenvalue weighted by Crippen LogP contribution is -2.37. The van der Waals surface area contributed by atoms with Gasteiger partial charge in [0.2, 0.25) is 0 Å². The molecule has 5 heteroatoms. The molecule has 0 unspecified atom stereocenters. The first-order chi connectivity index (χ1) is 7.16. The van der Waals surface area contributed by atoms with Crippen molar-refractivity contribution >= 4 is 28.7 Å². The molecule has 1 saturated carbocycles. The summed E-state index contributed by atoms with van der Waals surface area (Å²) in [6.45, 7) is 2.89. The number of thiocarbonyl (C=S) groups is 1. The lowest BCUT2D eigenvalue weighted by molar-refractivity contribution is 0.491. The summed E-state index contributed by atoms with van der Waals surface area (Å²) in [4.78, 5) is 7.60. The summed E-state index contributed by atoms with van der Waals surface area (Å²) < 4.78 is 0. The monoisotopic (exact) mass is 241 g/mol. The minimum atomic E-state index is 0.627. The maximum Gasteiger partial charge on any atom is 0.169 e. The van der Waals surface area contributed by atoms with Crippen molar-refractivity contribution in [2.45, 2.75) is 32.4 Å². The molecule has 0 radical (unpaired) electrons. The van der Waals surface area contributed by atoms with E-state index in [0.29, 0.717) is 6.04 Å². The average Bonchev–Trinajstić information content (AvgIpc) is 2.92. The number of hydrogen-bond acceptors (Lipinski definition) is 3. The van der Waals surface area contributed by atoms with Crippen LogP contribution >= 0.6 is 23.6 Å². The van der Waals surface area contributed by atoms with Crippen LogP contribution in [0.15, 0.2) is 5.51 Å². The number of hydrogen-bond donors (Lipinski definition) is 1. The first-order valence-electron chi connectivity index (χ1n) is 5.07. The number of nitrogens with zero attached hydrogens (tertiary/aromatic N) is 2. The summed E-state index contributed by atoms with van der Waals surface area (Å²) in [5, 5.41) is 4.18. The Balaban J connectivity index is 1.87. The highest BCUT2D eigenvalue weighted by molar-refractivity contribution is 7.80. The molecule has 0 atom stereocenters. The summed E-state index contributed by atoms with van der Waals surface area (Å²) >= 11 is 7.00. The molecule has 1 heterocycles. The highest BCUT2D eigenvalue weighted by Gasteiger charge is 2.23. The highest BCUT2D eigenvalue weighted by Crippen LogP contribution is 2.19. The van der Waals surface area contributed by atoms with E-state index in [1.807, 2.05) is 19.5 Å². The predicted molar refractivity (Wildman–Crippen MR) is 67.1 cm³/mol. The SMILES string of the molecule is Cc1ncsc1CN(C)C(=S)NC1CC1. The predicted octanol–water partition coefficient (Wildman–Crippen LogP) is 1.92. The minimum Gasteiger partial charge on any atom is -0.360 e. The molecular weight excluding hydrogens is 226 g/mol. The molecule has 3 nitrogen and oxygen atoms in total.